The Labute approximate surface area is 141 Å². The van der Waals surface area contributed by atoms with Crippen LogP contribution in [0.4, 0.5) is 0 Å². The maximum atomic E-state index is 12.9. The number of ether oxygens (including phenoxy) is 1. The molecule has 6 heteroatoms. The minimum absolute atomic E-state index is 0.0322. The molecule has 0 aliphatic carbocycles. The normalized spacial score (nSPS) is 17.8. The van der Waals surface area contributed by atoms with Crippen LogP contribution in [0.25, 0.3) is 0 Å². The van der Waals surface area contributed by atoms with Gasteiger partial charge in [-0.3, -0.25) is 19.7 Å². The third-order valence-corrected chi connectivity index (χ3v) is 4.42. The minimum atomic E-state index is 0.0322. The SMILES string of the molecule is Cc1ncccc1C(=O)N1CCOCC1CCc1nccnc1C. The second-order valence-electron chi connectivity index (χ2n) is 5.99. The highest BCUT2D eigenvalue weighted by molar-refractivity contribution is 5.95. The average molecular weight is 326 g/mol. The summed E-state index contributed by atoms with van der Waals surface area (Å²) in [7, 11) is 0. The molecule has 0 aromatic carbocycles. The highest BCUT2D eigenvalue weighted by atomic mass is 16.5. The molecule has 1 fully saturated rings. The Morgan fingerprint density at radius 1 is 1.21 bits per heavy atom. The number of amides is 1. The number of aromatic nitrogens is 3. The zero-order valence-electron chi connectivity index (χ0n) is 14.1. The fraction of sp³-hybridized carbons (Fsp3) is 0.444. The molecule has 1 atom stereocenters. The number of carbonyl (C=O) groups is 1. The van der Waals surface area contributed by atoms with Gasteiger partial charge < -0.3 is 9.64 Å². The van der Waals surface area contributed by atoms with E-state index in [0.717, 1.165) is 29.9 Å². The summed E-state index contributed by atoms with van der Waals surface area (Å²) in [4.78, 5) is 27.7. The third-order valence-electron chi connectivity index (χ3n) is 4.42. The van der Waals surface area contributed by atoms with Gasteiger partial charge in [0.15, 0.2) is 0 Å². The number of aryl methyl sites for hydroxylation is 3. The van der Waals surface area contributed by atoms with E-state index < -0.39 is 0 Å². The average Bonchev–Trinajstić information content (AvgIpc) is 2.61. The highest BCUT2D eigenvalue weighted by Crippen LogP contribution is 2.18. The summed E-state index contributed by atoms with van der Waals surface area (Å²) in [6.07, 6.45) is 6.71. The predicted molar refractivity (Wildman–Crippen MR) is 89.7 cm³/mol. The van der Waals surface area contributed by atoms with Gasteiger partial charge in [0.2, 0.25) is 0 Å². The molecule has 1 amide bonds. The number of pyridine rings is 1. The van der Waals surface area contributed by atoms with Crippen molar-refractivity contribution in [2.24, 2.45) is 0 Å². The Kier molecular flexibility index (Phi) is 5.15. The number of hydrogen-bond donors (Lipinski definition) is 0. The van der Waals surface area contributed by atoms with Crippen LogP contribution in [0.15, 0.2) is 30.7 Å². The van der Waals surface area contributed by atoms with E-state index in [4.69, 9.17) is 4.74 Å². The Morgan fingerprint density at radius 2 is 2.00 bits per heavy atom. The van der Waals surface area contributed by atoms with Crippen LogP contribution in [-0.4, -0.2) is 51.6 Å². The lowest BCUT2D eigenvalue weighted by atomic mass is 10.0. The van der Waals surface area contributed by atoms with Crippen LogP contribution in [0.1, 0.15) is 33.9 Å². The number of rotatable bonds is 4. The molecule has 126 valence electrons. The minimum Gasteiger partial charge on any atom is -0.377 e. The van der Waals surface area contributed by atoms with E-state index in [-0.39, 0.29) is 11.9 Å². The Morgan fingerprint density at radius 3 is 2.79 bits per heavy atom. The van der Waals surface area contributed by atoms with Gasteiger partial charge in [-0.25, -0.2) is 0 Å². The highest BCUT2D eigenvalue weighted by Gasteiger charge is 2.29. The quantitative estimate of drug-likeness (QED) is 0.859. The fourth-order valence-corrected chi connectivity index (χ4v) is 3.01. The molecule has 0 bridgehead atoms. The van der Waals surface area contributed by atoms with Crippen LogP contribution < -0.4 is 0 Å². The third kappa shape index (κ3) is 3.59. The molecule has 2 aromatic heterocycles. The smallest absolute Gasteiger partial charge is 0.256 e. The lowest BCUT2D eigenvalue weighted by Crippen LogP contribution is -2.49. The fourth-order valence-electron chi connectivity index (χ4n) is 3.01. The van der Waals surface area contributed by atoms with E-state index in [1.807, 2.05) is 24.8 Å². The molecule has 1 saturated heterocycles. The van der Waals surface area contributed by atoms with Gasteiger partial charge >= 0.3 is 0 Å². The van der Waals surface area contributed by atoms with Gasteiger partial charge in [0.1, 0.15) is 0 Å². The van der Waals surface area contributed by atoms with Crippen LogP contribution in [0.2, 0.25) is 0 Å². The maximum Gasteiger partial charge on any atom is 0.256 e. The first kappa shape index (κ1) is 16.5. The molecule has 1 unspecified atom stereocenters. The molecule has 0 spiro atoms. The standard InChI is InChI=1S/C18H22N4O2/c1-13-16(4-3-7-19-13)18(23)22-10-11-24-12-15(22)5-6-17-14(2)20-8-9-21-17/h3-4,7-9,15H,5-6,10-12H2,1-2H3. The van der Waals surface area contributed by atoms with Gasteiger partial charge in [0.05, 0.1) is 36.2 Å². The van der Waals surface area contributed by atoms with E-state index in [2.05, 4.69) is 15.0 Å². The molecular formula is C18H22N4O2. The van der Waals surface area contributed by atoms with Crippen molar-refractivity contribution >= 4 is 5.91 Å². The largest absolute Gasteiger partial charge is 0.377 e. The molecule has 0 radical (unpaired) electrons. The lowest BCUT2D eigenvalue weighted by Gasteiger charge is -2.36. The Hall–Kier alpha value is -2.34. The summed E-state index contributed by atoms with van der Waals surface area (Å²) in [5, 5.41) is 0. The predicted octanol–water partition coefficient (Wildman–Crippen LogP) is 1.96. The summed E-state index contributed by atoms with van der Waals surface area (Å²) in [6, 6.07) is 3.69. The molecule has 2 aromatic rings. The van der Waals surface area contributed by atoms with Crippen molar-refractivity contribution in [1.29, 1.82) is 0 Å². The van der Waals surface area contributed by atoms with Crippen molar-refractivity contribution in [2.75, 3.05) is 19.8 Å². The van der Waals surface area contributed by atoms with Crippen molar-refractivity contribution in [3.63, 3.8) is 0 Å². The van der Waals surface area contributed by atoms with Crippen molar-refractivity contribution < 1.29 is 9.53 Å². The number of nitrogens with zero attached hydrogens (tertiary/aromatic N) is 4. The Bertz CT molecular complexity index is 720. The van der Waals surface area contributed by atoms with Crippen LogP contribution in [-0.2, 0) is 11.2 Å². The number of hydrogen-bond acceptors (Lipinski definition) is 5. The number of morpholine rings is 1. The van der Waals surface area contributed by atoms with Gasteiger partial charge in [0, 0.05) is 30.8 Å². The van der Waals surface area contributed by atoms with Gasteiger partial charge in [-0.05, 0) is 38.8 Å². The van der Waals surface area contributed by atoms with E-state index >= 15 is 0 Å². The molecule has 3 rings (SSSR count). The molecule has 0 saturated carbocycles. The van der Waals surface area contributed by atoms with Crippen LogP contribution in [0.3, 0.4) is 0 Å². The second-order valence-corrected chi connectivity index (χ2v) is 5.99. The molecule has 1 aliphatic heterocycles. The van der Waals surface area contributed by atoms with Crippen LogP contribution in [0, 0.1) is 13.8 Å². The van der Waals surface area contributed by atoms with Gasteiger partial charge in [-0.15, -0.1) is 0 Å². The van der Waals surface area contributed by atoms with E-state index in [9.17, 15) is 4.79 Å². The maximum absolute atomic E-state index is 12.9. The van der Waals surface area contributed by atoms with E-state index in [1.165, 1.54) is 0 Å². The van der Waals surface area contributed by atoms with Crippen molar-refractivity contribution in [3.05, 3.63) is 53.4 Å². The Balaban J connectivity index is 1.73. The topological polar surface area (TPSA) is 68.2 Å². The number of carbonyl (C=O) groups excluding carboxylic acids is 1. The first-order valence-electron chi connectivity index (χ1n) is 8.23. The monoisotopic (exact) mass is 326 g/mol. The van der Waals surface area contributed by atoms with Gasteiger partial charge in [-0.1, -0.05) is 0 Å². The van der Waals surface area contributed by atoms with Gasteiger partial charge in [-0.2, -0.15) is 0 Å². The van der Waals surface area contributed by atoms with Crippen molar-refractivity contribution in [2.45, 2.75) is 32.7 Å². The first-order chi connectivity index (χ1) is 11.7. The van der Waals surface area contributed by atoms with Crippen molar-refractivity contribution in [1.82, 2.24) is 19.9 Å². The molecule has 0 N–H and O–H groups in total. The summed E-state index contributed by atoms with van der Waals surface area (Å²) in [5.41, 5.74) is 3.35. The van der Waals surface area contributed by atoms with E-state index in [1.54, 1.807) is 24.7 Å². The summed E-state index contributed by atoms with van der Waals surface area (Å²) < 4.78 is 5.60. The zero-order chi connectivity index (χ0) is 16.9. The van der Waals surface area contributed by atoms with E-state index in [0.29, 0.717) is 25.3 Å². The van der Waals surface area contributed by atoms with Crippen LogP contribution in [0.5, 0.6) is 0 Å². The summed E-state index contributed by atoms with van der Waals surface area (Å²) in [5.74, 6) is 0.0322. The lowest BCUT2D eigenvalue weighted by molar-refractivity contribution is -0.00420. The zero-order valence-corrected chi connectivity index (χ0v) is 14.1. The summed E-state index contributed by atoms with van der Waals surface area (Å²) in [6.45, 7) is 5.57. The molecule has 6 nitrogen and oxygen atoms in total. The molecule has 3 heterocycles. The first-order valence-corrected chi connectivity index (χ1v) is 8.23. The second kappa shape index (κ2) is 7.49. The molecular weight excluding hydrogens is 304 g/mol. The molecule has 1 aliphatic rings. The van der Waals surface area contributed by atoms with Crippen LogP contribution >= 0.6 is 0 Å². The van der Waals surface area contributed by atoms with Gasteiger partial charge in [0.25, 0.3) is 5.91 Å². The van der Waals surface area contributed by atoms with Crippen molar-refractivity contribution in [3.8, 4) is 0 Å². The summed E-state index contributed by atoms with van der Waals surface area (Å²) >= 11 is 0. The molecule has 24 heavy (non-hydrogen) atoms.